The predicted molar refractivity (Wildman–Crippen MR) is 29.2 cm³/mol. The molecule has 1 heterocycles. The molecule has 42 valence electrons. The van der Waals surface area contributed by atoms with Gasteiger partial charge in [0.1, 0.15) is 12.9 Å². The Morgan fingerprint density at radius 3 is 3.00 bits per heavy atom. The molecule has 8 heavy (non-hydrogen) atoms. The van der Waals surface area contributed by atoms with Crippen LogP contribution in [0.3, 0.4) is 0 Å². The molecule has 0 aromatic heterocycles. The zero-order valence-electron chi connectivity index (χ0n) is 4.33. The Labute approximate surface area is 47.5 Å². The first-order valence-electron chi connectivity index (χ1n) is 2.36. The molecule has 0 radical (unpaired) electrons. The Kier molecular flexibility index (Phi) is 1.47. The molecule has 0 saturated heterocycles. The highest BCUT2D eigenvalue weighted by Crippen LogP contribution is 1.97. The van der Waals surface area contributed by atoms with Gasteiger partial charge < -0.3 is 4.74 Å². The highest BCUT2D eigenvalue weighted by molar-refractivity contribution is 5.74. The van der Waals surface area contributed by atoms with E-state index in [1.165, 1.54) is 0 Å². The van der Waals surface area contributed by atoms with Crippen LogP contribution in [-0.4, -0.2) is 12.9 Å². The summed E-state index contributed by atoms with van der Waals surface area (Å²) >= 11 is 0. The van der Waals surface area contributed by atoms with Gasteiger partial charge in [-0.2, -0.15) is 0 Å². The molecule has 0 spiro atoms. The van der Waals surface area contributed by atoms with Gasteiger partial charge in [0.2, 0.25) is 0 Å². The van der Waals surface area contributed by atoms with Gasteiger partial charge in [-0.05, 0) is 12.2 Å². The summed E-state index contributed by atoms with van der Waals surface area (Å²) in [5.41, 5.74) is 0.688. The maximum absolute atomic E-state index is 9.98. The van der Waals surface area contributed by atoms with Crippen molar-refractivity contribution >= 4 is 6.29 Å². The smallest absolute Gasteiger partial charge is 0.149 e. The van der Waals surface area contributed by atoms with Gasteiger partial charge in [-0.1, -0.05) is 0 Å². The topological polar surface area (TPSA) is 26.3 Å². The average Bonchev–Trinajstić information content (AvgIpc) is 1.90. The lowest BCUT2D eigenvalue weighted by Crippen LogP contribution is -1.97. The fourth-order valence-electron chi connectivity index (χ4n) is 0.484. The summed E-state index contributed by atoms with van der Waals surface area (Å²) < 4.78 is 4.79. The fraction of sp³-hybridized carbons (Fsp3) is 0.167. The van der Waals surface area contributed by atoms with Crippen molar-refractivity contribution in [2.75, 3.05) is 6.61 Å². The summed E-state index contributed by atoms with van der Waals surface area (Å²) in [5.74, 6) is 0. The molecule has 1 aliphatic rings. The highest BCUT2D eigenvalue weighted by Gasteiger charge is 1.94. The quantitative estimate of drug-likeness (QED) is 0.463. The molecule has 2 nitrogen and oxygen atoms in total. The Morgan fingerprint density at radius 1 is 1.75 bits per heavy atom. The van der Waals surface area contributed by atoms with E-state index in [9.17, 15) is 4.79 Å². The molecule has 0 atom stereocenters. The molecule has 0 aliphatic carbocycles. The molecule has 0 amide bonds. The van der Waals surface area contributed by atoms with Crippen LogP contribution in [0.2, 0.25) is 0 Å². The van der Waals surface area contributed by atoms with Crippen LogP contribution >= 0.6 is 0 Å². The normalized spacial score (nSPS) is 16.8. The first-order valence-corrected chi connectivity index (χ1v) is 2.36. The van der Waals surface area contributed by atoms with E-state index in [1.807, 2.05) is 0 Å². The van der Waals surface area contributed by atoms with Crippen LogP contribution in [-0.2, 0) is 9.53 Å². The average molecular weight is 110 g/mol. The number of rotatable bonds is 1. The van der Waals surface area contributed by atoms with Gasteiger partial charge in [-0.15, -0.1) is 0 Å². The third-order valence-electron chi connectivity index (χ3n) is 0.886. The van der Waals surface area contributed by atoms with E-state index < -0.39 is 0 Å². The van der Waals surface area contributed by atoms with Crippen molar-refractivity contribution in [2.45, 2.75) is 0 Å². The Balaban J connectivity index is 2.63. The molecule has 0 unspecified atom stereocenters. The van der Waals surface area contributed by atoms with Crippen LogP contribution in [0.25, 0.3) is 0 Å². The summed E-state index contributed by atoms with van der Waals surface area (Å²) in [7, 11) is 0. The first kappa shape index (κ1) is 5.09. The van der Waals surface area contributed by atoms with Crippen LogP contribution in [0.5, 0.6) is 0 Å². The van der Waals surface area contributed by atoms with E-state index in [-0.39, 0.29) is 0 Å². The lowest BCUT2D eigenvalue weighted by atomic mass is 10.3. The molecular weight excluding hydrogens is 104 g/mol. The van der Waals surface area contributed by atoms with E-state index in [2.05, 4.69) is 0 Å². The van der Waals surface area contributed by atoms with Crippen molar-refractivity contribution < 1.29 is 9.53 Å². The number of carbonyl (C=O) groups excluding carboxylic acids is 1. The van der Waals surface area contributed by atoms with Gasteiger partial charge in [-0.25, -0.2) is 0 Å². The number of hydrogen-bond donors (Lipinski definition) is 0. The van der Waals surface area contributed by atoms with Crippen LogP contribution in [0, 0.1) is 0 Å². The lowest BCUT2D eigenvalue weighted by molar-refractivity contribution is -0.105. The van der Waals surface area contributed by atoms with E-state index in [0.717, 1.165) is 6.29 Å². The maximum atomic E-state index is 9.98. The molecule has 1 aliphatic heterocycles. The van der Waals surface area contributed by atoms with E-state index in [0.29, 0.717) is 12.2 Å². The lowest BCUT2D eigenvalue weighted by Gasteiger charge is -2.01. The number of hydrogen-bond acceptors (Lipinski definition) is 2. The van der Waals surface area contributed by atoms with Gasteiger partial charge in [-0.3, -0.25) is 4.79 Å². The Bertz CT molecular complexity index is 145. The van der Waals surface area contributed by atoms with Gasteiger partial charge in [0.25, 0.3) is 0 Å². The first-order chi connectivity index (χ1) is 3.93. The third-order valence-corrected chi connectivity index (χ3v) is 0.886. The minimum absolute atomic E-state index is 0.417. The predicted octanol–water partition coefficient (Wildman–Crippen LogP) is 0.656. The second-order valence-corrected chi connectivity index (χ2v) is 1.50. The van der Waals surface area contributed by atoms with Gasteiger partial charge in [0.15, 0.2) is 0 Å². The zero-order chi connectivity index (χ0) is 5.82. The largest absolute Gasteiger partial charge is 0.496 e. The molecule has 2 heteroatoms. The van der Waals surface area contributed by atoms with Crippen molar-refractivity contribution in [3.63, 3.8) is 0 Å². The van der Waals surface area contributed by atoms with Crippen LogP contribution < -0.4 is 0 Å². The molecule has 0 bridgehead atoms. The van der Waals surface area contributed by atoms with Crippen molar-refractivity contribution in [1.29, 1.82) is 0 Å². The second kappa shape index (κ2) is 2.31. The summed E-state index contributed by atoms with van der Waals surface area (Å²) in [5, 5.41) is 0. The molecule has 0 aromatic rings. The van der Waals surface area contributed by atoms with Crippen molar-refractivity contribution in [1.82, 2.24) is 0 Å². The zero-order valence-corrected chi connectivity index (χ0v) is 4.33. The van der Waals surface area contributed by atoms with Gasteiger partial charge in [0, 0.05) is 5.57 Å². The SMILES string of the molecule is O=CC1=CC=COC1. The molecule has 0 N–H and O–H groups in total. The standard InChI is InChI=1S/C6H6O2/c7-4-6-2-1-3-8-5-6/h1-4H,5H2. The summed E-state index contributed by atoms with van der Waals surface area (Å²) in [6.45, 7) is 0.417. The van der Waals surface area contributed by atoms with Crippen molar-refractivity contribution in [3.8, 4) is 0 Å². The second-order valence-electron chi connectivity index (χ2n) is 1.50. The highest BCUT2D eigenvalue weighted by atomic mass is 16.5. The summed E-state index contributed by atoms with van der Waals surface area (Å²) in [6.07, 6.45) is 5.79. The van der Waals surface area contributed by atoms with Crippen molar-refractivity contribution in [2.24, 2.45) is 0 Å². The van der Waals surface area contributed by atoms with Crippen molar-refractivity contribution in [3.05, 3.63) is 24.0 Å². The molecular formula is C6H6O2. The maximum Gasteiger partial charge on any atom is 0.149 e. The molecule has 0 saturated carbocycles. The third kappa shape index (κ3) is 0.964. The van der Waals surface area contributed by atoms with Gasteiger partial charge in [0.05, 0.1) is 6.26 Å². The number of aldehydes is 1. The van der Waals surface area contributed by atoms with Crippen LogP contribution in [0.15, 0.2) is 24.0 Å². The minimum atomic E-state index is 0.417. The van der Waals surface area contributed by atoms with E-state index in [4.69, 9.17) is 4.74 Å². The monoisotopic (exact) mass is 110 g/mol. The number of carbonyl (C=O) groups is 1. The summed E-state index contributed by atoms with van der Waals surface area (Å²) in [6, 6.07) is 0. The van der Waals surface area contributed by atoms with Crippen LogP contribution in [0.1, 0.15) is 0 Å². The molecule has 0 aromatic carbocycles. The molecule has 0 fully saturated rings. The fourth-order valence-corrected chi connectivity index (χ4v) is 0.484. The van der Waals surface area contributed by atoms with E-state index in [1.54, 1.807) is 18.4 Å². The van der Waals surface area contributed by atoms with Crippen LogP contribution in [0.4, 0.5) is 0 Å². The van der Waals surface area contributed by atoms with E-state index >= 15 is 0 Å². The summed E-state index contributed by atoms with van der Waals surface area (Å²) in [4.78, 5) is 9.98. The molecule has 1 rings (SSSR count). The Hall–Kier alpha value is -1.05. The van der Waals surface area contributed by atoms with Gasteiger partial charge >= 0.3 is 0 Å². The number of ether oxygens (including phenoxy) is 1. The number of allylic oxidation sites excluding steroid dienone is 2. The Morgan fingerprint density at radius 2 is 2.62 bits per heavy atom. The minimum Gasteiger partial charge on any atom is -0.496 e.